The number of carbonyl (C=O) groups is 2. The van der Waals surface area contributed by atoms with Crippen molar-refractivity contribution in [1.29, 1.82) is 0 Å². The van der Waals surface area contributed by atoms with Gasteiger partial charge in [-0.2, -0.15) is 0 Å². The van der Waals surface area contributed by atoms with Crippen LogP contribution in [-0.4, -0.2) is 33.2 Å². The van der Waals surface area contributed by atoms with Gasteiger partial charge in [-0.1, -0.05) is 0 Å². The molecule has 0 bridgehead atoms. The Bertz CT molecular complexity index is 171. The summed E-state index contributed by atoms with van der Waals surface area (Å²) < 4.78 is 0. The monoisotopic (exact) mass is 176 g/mol. The van der Waals surface area contributed by atoms with Gasteiger partial charge >= 0.3 is 11.9 Å². The molecule has 0 radical (unpaired) electrons. The molecule has 4 nitrogen and oxygen atoms in total. The highest BCUT2D eigenvalue weighted by molar-refractivity contribution is 8.00. The minimum Gasteiger partial charge on any atom is -0.481 e. The molecule has 1 heterocycles. The highest BCUT2D eigenvalue weighted by atomic mass is 32.2. The molecule has 2 N–H and O–H groups in total. The molecule has 62 valence electrons. The molecule has 0 amide bonds. The van der Waals surface area contributed by atoms with Crippen molar-refractivity contribution < 1.29 is 19.8 Å². The summed E-state index contributed by atoms with van der Waals surface area (Å²) in [5.74, 6) is -1.84. The van der Waals surface area contributed by atoms with Crippen molar-refractivity contribution in [3.8, 4) is 0 Å². The van der Waals surface area contributed by atoms with Crippen molar-refractivity contribution in [2.75, 3.05) is 5.75 Å². The first-order chi connectivity index (χ1) is 5.11. The van der Waals surface area contributed by atoms with Gasteiger partial charge in [-0.3, -0.25) is 9.59 Å². The first kappa shape index (κ1) is 8.39. The third-order valence-corrected chi connectivity index (χ3v) is 3.01. The lowest BCUT2D eigenvalue weighted by atomic mass is 10.1. The largest absolute Gasteiger partial charge is 0.481 e. The molecule has 2 unspecified atom stereocenters. The fourth-order valence-electron chi connectivity index (χ4n) is 0.971. The van der Waals surface area contributed by atoms with Crippen LogP contribution in [0.2, 0.25) is 0 Å². The fourth-order valence-corrected chi connectivity index (χ4v) is 2.23. The quantitative estimate of drug-likeness (QED) is 0.632. The summed E-state index contributed by atoms with van der Waals surface area (Å²) in [6, 6.07) is 0. The highest BCUT2D eigenvalue weighted by Crippen LogP contribution is 2.31. The first-order valence-corrected chi connectivity index (χ1v) is 4.23. The van der Waals surface area contributed by atoms with E-state index in [0.29, 0.717) is 5.75 Å². The molecule has 2 atom stereocenters. The maximum absolute atomic E-state index is 10.4. The maximum Gasteiger partial charge on any atom is 0.316 e. The molecule has 1 rings (SSSR count). The van der Waals surface area contributed by atoms with Crippen molar-refractivity contribution in [2.45, 2.75) is 11.7 Å². The molecular formula is C6H8O4S. The third kappa shape index (κ3) is 1.86. The molecule has 0 aromatic heterocycles. The molecule has 1 aliphatic rings. The molecule has 5 heteroatoms. The van der Waals surface area contributed by atoms with E-state index >= 15 is 0 Å². The highest BCUT2D eigenvalue weighted by Gasteiger charge is 2.34. The number of hydrogen-bond acceptors (Lipinski definition) is 3. The summed E-state index contributed by atoms with van der Waals surface area (Å²) in [5, 5.41) is 16.5. The van der Waals surface area contributed by atoms with E-state index in [2.05, 4.69) is 0 Å². The molecule has 1 saturated heterocycles. The Labute approximate surface area is 67.6 Å². The van der Waals surface area contributed by atoms with Crippen LogP contribution in [0.25, 0.3) is 0 Å². The molecule has 11 heavy (non-hydrogen) atoms. The Kier molecular flexibility index (Phi) is 2.38. The van der Waals surface area contributed by atoms with Crippen LogP contribution < -0.4 is 0 Å². The van der Waals surface area contributed by atoms with Gasteiger partial charge in [-0.15, -0.1) is 11.8 Å². The zero-order valence-electron chi connectivity index (χ0n) is 5.69. The summed E-state index contributed by atoms with van der Waals surface area (Å²) in [7, 11) is 0. The van der Waals surface area contributed by atoms with E-state index in [1.807, 2.05) is 0 Å². The predicted molar refractivity (Wildman–Crippen MR) is 39.6 cm³/mol. The van der Waals surface area contributed by atoms with Gasteiger partial charge in [0.2, 0.25) is 0 Å². The number of rotatable bonds is 2. The zero-order chi connectivity index (χ0) is 8.43. The van der Waals surface area contributed by atoms with Gasteiger partial charge in [0.25, 0.3) is 0 Å². The van der Waals surface area contributed by atoms with Crippen LogP contribution in [0.5, 0.6) is 0 Å². The molecule has 0 saturated carbocycles. The van der Waals surface area contributed by atoms with Crippen LogP contribution >= 0.6 is 11.8 Å². The van der Waals surface area contributed by atoms with E-state index in [1.54, 1.807) is 0 Å². The average molecular weight is 176 g/mol. The predicted octanol–water partition coefficient (Wildman–Crippen LogP) is 0.277. The SMILES string of the molecule is O=C(O)C1CSC(C(=O)O)C1. The fraction of sp³-hybridized carbons (Fsp3) is 0.667. The second-order valence-corrected chi connectivity index (χ2v) is 3.67. The lowest BCUT2D eigenvalue weighted by Crippen LogP contribution is -2.17. The van der Waals surface area contributed by atoms with Crippen molar-refractivity contribution in [3.63, 3.8) is 0 Å². The second-order valence-electron chi connectivity index (χ2n) is 2.43. The third-order valence-electron chi connectivity index (χ3n) is 1.62. The summed E-state index contributed by atoms with van der Waals surface area (Å²) in [6.45, 7) is 0. The van der Waals surface area contributed by atoms with Gasteiger partial charge in [-0.05, 0) is 6.42 Å². The normalized spacial score (nSPS) is 30.2. The number of thioether (sulfide) groups is 1. The topological polar surface area (TPSA) is 74.6 Å². The Morgan fingerprint density at radius 3 is 2.18 bits per heavy atom. The average Bonchev–Trinajstić information content (AvgIpc) is 2.33. The van der Waals surface area contributed by atoms with E-state index in [4.69, 9.17) is 10.2 Å². The number of carboxylic acids is 2. The molecular weight excluding hydrogens is 168 g/mol. The second kappa shape index (κ2) is 3.13. The standard InChI is InChI=1S/C6H8O4S/c7-5(8)3-1-4(6(9)10)11-2-3/h3-4H,1-2H2,(H,7,8)(H,9,10). The van der Waals surface area contributed by atoms with E-state index in [1.165, 1.54) is 11.8 Å². The number of hydrogen-bond donors (Lipinski definition) is 2. The van der Waals surface area contributed by atoms with Crippen molar-refractivity contribution in [2.24, 2.45) is 5.92 Å². The van der Waals surface area contributed by atoms with Gasteiger partial charge in [0.05, 0.1) is 5.92 Å². The van der Waals surface area contributed by atoms with Crippen molar-refractivity contribution in [1.82, 2.24) is 0 Å². The minimum absolute atomic E-state index is 0.259. The number of carboxylic acid groups (broad SMARTS) is 2. The van der Waals surface area contributed by atoms with E-state index < -0.39 is 23.1 Å². The van der Waals surface area contributed by atoms with Crippen LogP contribution in [0.3, 0.4) is 0 Å². The minimum atomic E-state index is -0.904. The molecule has 0 aromatic carbocycles. The van der Waals surface area contributed by atoms with Crippen molar-refractivity contribution >= 4 is 23.7 Å². The van der Waals surface area contributed by atoms with E-state index in [0.717, 1.165) is 0 Å². The number of aliphatic carboxylic acids is 2. The molecule has 1 fully saturated rings. The van der Waals surface area contributed by atoms with Crippen LogP contribution in [0.4, 0.5) is 0 Å². The lowest BCUT2D eigenvalue weighted by Gasteiger charge is -2.00. The zero-order valence-corrected chi connectivity index (χ0v) is 6.50. The molecule has 0 aliphatic carbocycles. The maximum atomic E-state index is 10.4. The molecule has 0 aromatic rings. The molecule has 1 aliphatic heterocycles. The van der Waals surface area contributed by atoms with Gasteiger partial charge in [-0.25, -0.2) is 0 Å². The van der Waals surface area contributed by atoms with E-state index in [9.17, 15) is 9.59 Å². The van der Waals surface area contributed by atoms with Gasteiger partial charge in [0, 0.05) is 5.75 Å². The summed E-state index contributed by atoms with van der Waals surface area (Å²) in [4.78, 5) is 20.7. The smallest absolute Gasteiger partial charge is 0.316 e. The summed E-state index contributed by atoms with van der Waals surface area (Å²) in [6.07, 6.45) is 0.259. The van der Waals surface area contributed by atoms with Gasteiger partial charge in [0.15, 0.2) is 0 Å². The molecule has 0 spiro atoms. The van der Waals surface area contributed by atoms with Gasteiger partial charge < -0.3 is 10.2 Å². The van der Waals surface area contributed by atoms with Crippen LogP contribution in [0, 0.1) is 5.92 Å². The lowest BCUT2D eigenvalue weighted by molar-refractivity contribution is -0.141. The van der Waals surface area contributed by atoms with E-state index in [-0.39, 0.29) is 6.42 Å². The van der Waals surface area contributed by atoms with Crippen LogP contribution in [-0.2, 0) is 9.59 Å². The van der Waals surface area contributed by atoms with Crippen molar-refractivity contribution in [3.05, 3.63) is 0 Å². The Morgan fingerprint density at radius 2 is 1.91 bits per heavy atom. The summed E-state index contributed by atoms with van der Waals surface area (Å²) >= 11 is 1.21. The Morgan fingerprint density at radius 1 is 1.27 bits per heavy atom. The summed E-state index contributed by atoms with van der Waals surface area (Å²) in [5.41, 5.74) is 0. The first-order valence-electron chi connectivity index (χ1n) is 3.18. The Balaban J connectivity index is 2.47. The van der Waals surface area contributed by atoms with Crippen LogP contribution in [0.15, 0.2) is 0 Å². The van der Waals surface area contributed by atoms with Gasteiger partial charge in [0.1, 0.15) is 5.25 Å². The Hall–Kier alpha value is -0.710. The van der Waals surface area contributed by atoms with Crippen LogP contribution in [0.1, 0.15) is 6.42 Å².